The molecule has 53 heavy (non-hydrogen) atoms. The predicted molar refractivity (Wildman–Crippen MR) is 192 cm³/mol. The van der Waals surface area contributed by atoms with Crippen molar-refractivity contribution in [3.8, 4) is 0 Å². The van der Waals surface area contributed by atoms with Crippen molar-refractivity contribution in [3.05, 3.63) is 179 Å². The topological polar surface area (TPSA) is 141 Å². The molecule has 1 heterocycles. The number of hydrogen-bond acceptors (Lipinski definition) is 11. The van der Waals surface area contributed by atoms with E-state index in [-0.39, 0.29) is 27.8 Å². The van der Waals surface area contributed by atoms with E-state index in [0.717, 1.165) is 0 Å². The van der Waals surface area contributed by atoms with E-state index in [1.807, 2.05) is 0 Å². The van der Waals surface area contributed by atoms with Gasteiger partial charge in [0.1, 0.15) is 6.61 Å². The third kappa shape index (κ3) is 9.04. The Kier molecular flexibility index (Phi) is 11.7. The maximum Gasteiger partial charge on any atom is 0.340 e. The summed E-state index contributed by atoms with van der Waals surface area (Å²) in [4.78, 5) is 67.9. The van der Waals surface area contributed by atoms with Crippen LogP contribution in [-0.2, 0) is 28.4 Å². The van der Waals surface area contributed by atoms with Gasteiger partial charge in [0.2, 0.25) is 16.9 Å². The van der Waals surface area contributed by atoms with Crippen molar-refractivity contribution < 1.29 is 52.4 Å². The zero-order chi connectivity index (χ0) is 37.2. The first-order valence-electron chi connectivity index (χ1n) is 16.3. The normalized spacial score (nSPS) is 20.6. The zero-order valence-corrected chi connectivity index (χ0v) is 29.4. The molecule has 12 heteroatoms. The Balaban J connectivity index is 1.45. The van der Waals surface area contributed by atoms with Gasteiger partial charge in [0.05, 0.1) is 27.8 Å². The van der Waals surface area contributed by atoms with Crippen LogP contribution in [0.15, 0.2) is 152 Å². The number of carbonyl (C=O) groups excluding carboxylic acids is 5. The van der Waals surface area contributed by atoms with Crippen LogP contribution in [0.2, 0.25) is 0 Å². The summed E-state index contributed by atoms with van der Waals surface area (Å²) < 4.78 is 33.8. The van der Waals surface area contributed by atoms with Crippen LogP contribution in [0.3, 0.4) is 0 Å². The number of rotatable bonds is 11. The third-order valence-corrected chi connectivity index (χ3v) is 8.89. The van der Waals surface area contributed by atoms with Crippen molar-refractivity contribution in [1.82, 2.24) is 0 Å². The van der Waals surface area contributed by atoms with Crippen LogP contribution in [-0.4, -0.2) is 65.6 Å². The summed E-state index contributed by atoms with van der Waals surface area (Å²) in [5.41, 5.74) is 0.654. The van der Waals surface area contributed by atoms with Crippen LogP contribution in [0.4, 0.5) is 0 Å². The molecule has 5 atom stereocenters. The Labute approximate surface area is 312 Å². The lowest BCUT2D eigenvalue weighted by Crippen LogP contribution is -2.67. The number of carbonyl (C=O) groups is 5. The van der Waals surface area contributed by atoms with E-state index in [2.05, 4.69) is 15.9 Å². The molecule has 1 aliphatic rings. The Morgan fingerprint density at radius 3 is 1.17 bits per heavy atom. The summed E-state index contributed by atoms with van der Waals surface area (Å²) in [6, 6.07) is 39.8. The molecule has 0 N–H and O–H groups in total. The smallest absolute Gasteiger partial charge is 0.340 e. The van der Waals surface area contributed by atoms with Gasteiger partial charge in [-0.1, -0.05) is 91.0 Å². The lowest BCUT2D eigenvalue weighted by molar-refractivity contribution is -0.292. The monoisotopic (exact) mass is 778 g/mol. The van der Waals surface area contributed by atoms with Gasteiger partial charge in [-0.05, 0) is 76.6 Å². The molecule has 1 fully saturated rings. The van der Waals surface area contributed by atoms with E-state index >= 15 is 0 Å². The fourth-order valence-electron chi connectivity index (χ4n) is 5.37. The molecule has 0 saturated carbocycles. The molecule has 6 rings (SSSR count). The number of halogens is 1. The molecule has 0 radical (unpaired) electrons. The first kappa shape index (κ1) is 36.7. The van der Waals surface area contributed by atoms with Crippen LogP contribution in [0.5, 0.6) is 0 Å². The first-order valence-corrected chi connectivity index (χ1v) is 17.1. The fraction of sp³-hybridized carbons (Fsp3) is 0.146. The van der Waals surface area contributed by atoms with Gasteiger partial charge in [-0.2, -0.15) is 0 Å². The number of ether oxygens (including phenoxy) is 6. The first-order chi connectivity index (χ1) is 25.7. The van der Waals surface area contributed by atoms with Gasteiger partial charge in [-0.15, -0.1) is 0 Å². The molecule has 0 aromatic heterocycles. The molecule has 5 aromatic rings. The largest absolute Gasteiger partial charge is 0.458 e. The van der Waals surface area contributed by atoms with Crippen LogP contribution < -0.4 is 0 Å². The van der Waals surface area contributed by atoms with Crippen LogP contribution >= 0.6 is 15.9 Å². The van der Waals surface area contributed by atoms with Gasteiger partial charge in [0, 0.05) is 0 Å². The molecule has 5 aromatic carbocycles. The molecule has 0 spiro atoms. The van der Waals surface area contributed by atoms with E-state index < -0.39 is 65.6 Å². The molecule has 0 bridgehead atoms. The second-order valence-corrected chi connectivity index (χ2v) is 13.0. The Hall–Kier alpha value is -6.11. The molecule has 0 aliphatic carbocycles. The minimum atomic E-state index is -2.07. The quantitative estimate of drug-likeness (QED) is 0.0792. The highest BCUT2D eigenvalue weighted by Crippen LogP contribution is 2.41. The summed E-state index contributed by atoms with van der Waals surface area (Å²) in [5.74, 6) is -4.34. The summed E-state index contributed by atoms with van der Waals surface area (Å²) >= 11 is 3.48. The second-order valence-electron chi connectivity index (χ2n) is 11.6. The zero-order valence-electron chi connectivity index (χ0n) is 27.8. The highest BCUT2D eigenvalue weighted by atomic mass is 79.9. The van der Waals surface area contributed by atoms with Gasteiger partial charge in [0.25, 0.3) is 0 Å². The molecule has 1 saturated heterocycles. The Morgan fingerprint density at radius 1 is 0.453 bits per heavy atom. The SMILES string of the molecule is O=C(OC[C@]1(Br)O[C@H](OC(=O)c2ccccc2)[C@H](OC(=O)c2ccccc2)[C@@H](OC(=O)c2ccccc2)[C@H]1OC(=O)c1ccccc1)c1ccccc1. The van der Waals surface area contributed by atoms with Crippen molar-refractivity contribution in [3.63, 3.8) is 0 Å². The number of benzene rings is 5. The average Bonchev–Trinajstić information content (AvgIpc) is 3.21. The molecule has 268 valence electrons. The minimum Gasteiger partial charge on any atom is -0.458 e. The number of alkyl halides is 1. The van der Waals surface area contributed by atoms with Crippen molar-refractivity contribution in [2.45, 2.75) is 29.1 Å². The Bertz CT molecular complexity index is 2030. The highest BCUT2D eigenvalue weighted by Gasteiger charge is 2.61. The predicted octanol–water partition coefficient (Wildman–Crippen LogP) is 6.82. The Morgan fingerprint density at radius 2 is 0.774 bits per heavy atom. The summed E-state index contributed by atoms with van der Waals surface area (Å²) in [5, 5.41) is 0. The molecule has 11 nitrogen and oxygen atoms in total. The summed E-state index contributed by atoms with van der Waals surface area (Å²) in [6.45, 7) is -0.675. The summed E-state index contributed by atoms with van der Waals surface area (Å²) in [6.07, 6.45) is -7.01. The van der Waals surface area contributed by atoms with Gasteiger partial charge in [-0.25, -0.2) is 24.0 Å². The van der Waals surface area contributed by atoms with E-state index in [0.29, 0.717) is 0 Å². The van der Waals surface area contributed by atoms with Crippen LogP contribution in [0.25, 0.3) is 0 Å². The van der Waals surface area contributed by atoms with Crippen molar-refractivity contribution >= 4 is 45.8 Å². The number of hydrogen-bond donors (Lipinski definition) is 0. The molecular formula is C41H31BrO11. The van der Waals surface area contributed by atoms with E-state index in [1.165, 1.54) is 60.7 Å². The molecule has 0 amide bonds. The molecule has 0 unspecified atom stereocenters. The standard InChI is InChI=1S/C41H31BrO11/c42-41(26-48-35(43)27-16-6-1-7-17-27)34(51-38(46)30-22-12-4-13-23-30)32(49-36(44)28-18-8-2-9-19-28)33(50-37(45)29-20-10-3-11-21-29)40(53-41)52-39(47)31-24-14-5-15-25-31/h1-25,32-34,40H,26H2/t32-,33-,34-,40+,41+/m1/s1. The van der Waals surface area contributed by atoms with Crippen molar-refractivity contribution in [2.24, 2.45) is 0 Å². The van der Waals surface area contributed by atoms with E-state index in [4.69, 9.17) is 28.4 Å². The van der Waals surface area contributed by atoms with Crippen molar-refractivity contribution in [1.29, 1.82) is 0 Å². The van der Waals surface area contributed by atoms with E-state index in [9.17, 15) is 24.0 Å². The second kappa shape index (κ2) is 16.9. The van der Waals surface area contributed by atoms with Gasteiger partial charge in [0.15, 0.2) is 12.2 Å². The molecule has 1 aliphatic heterocycles. The highest BCUT2D eigenvalue weighted by molar-refractivity contribution is 9.10. The maximum absolute atomic E-state index is 13.8. The minimum absolute atomic E-state index is 0.105. The number of esters is 5. The lowest BCUT2D eigenvalue weighted by Gasteiger charge is -2.47. The fourth-order valence-corrected chi connectivity index (χ4v) is 6.02. The van der Waals surface area contributed by atoms with Gasteiger partial charge in [-0.3, -0.25) is 0 Å². The van der Waals surface area contributed by atoms with Gasteiger partial charge >= 0.3 is 29.8 Å². The van der Waals surface area contributed by atoms with E-state index in [1.54, 1.807) is 91.0 Å². The lowest BCUT2D eigenvalue weighted by atomic mass is 9.97. The van der Waals surface area contributed by atoms with Crippen LogP contribution in [0.1, 0.15) is 51.8 Å². The summed E-state index contributed by atoms with van der Waals surface area (Å²) in [7, 11) is 0. The van der Waals surface area contributed by atoms with Crippen LogP contribution in [0, 0.1) is 0 Å². The maximum atomic E-state index is 13.8. The molecular weight excluding hydrogens is 748 g/mol. The van der Waals surface area contributed by atoms with Gasteiger partial charge < -0.3 is 28.4 Å². The average molecular weight is 780 g/mol. The van der Waals surface area contributed by atoms with Crippen molar-refractivity contribution in [2.75, 3.05) is 6.61 Å². The third-order valence-electron chi connectivity index (χ3n) is 8.02.